The largest absolute Gasteiger partial charge is 0.306 e. The predicted molar refractivity (Wildman–Crippen MR) is 80.4 cm³/mol. The molecule has 0 amide bonds. The molecule has 0 spiro atoms. The molecule has 3 rings (SSSR count). The van der Waals surface area contributed by atoms with E-state index in [2.05, 4.69) is 46.6 Å². The fraction of sp³-hybridized carbons (Fsp3) is 0.467. The van der Waals surface area contributed by atoms with Crippen molar-refractivity contribution < 1.29 is 0 Å². The van der Waals surface area contributed by atoms with Crippen LogP contribution in [0.2, 0.25) is 0 Å². The highest BCUT2D eigenvalue weighted by atomic mass is 32.1. The van der Waals surface area contributed by atoms with Crippen LogP contribution in [-0.2, 0) is 6.42 Å². The molecule has 2 unspecified atom stereocenters. The minimum atomic E-state index is 0.548. The van der Waals surface area contributed by atoms with Crippen LogP contribution in [-0.4, -0.2) is 6.04 Å². The Morgan fingerprint density at radius 1 is 1.33 bits per heavy atom. The summed E-state index contributed by atoms with van der Waals surface area (Å²) in [5.74, 6) is 0.869. The average molecular weight is 277 g/mol. The molecular formula is C15H19NS2. The van der Waals surface area contributed by atoms with E-state index in [9.17, 15) is 0 Å². The summed E-state index contributed by atoms with van der Waals surface area (Å²) >= 11 is 3.68. The minimum Gasteiger partial charge on any atom is -0.306 e. The Morgan fingerprint density at radius 3 is 2.83 bits per heavy atom. The fourth-order valence-electron chi connectivity index (χ4n) is 2.48. The van der Waals surface area contributed by atoms with Gasteiger partial charge in [0.05, 0.1) is 0 Å². The second-order valence-electron chi connectivity index (χ2n) is 5.23. The third-order valence-corrected chi connectivity index (χ3v) is 5.22. The minimum absolute atomic E-state index is 0.548. The molecule has 1 nitrogen and oxygen atoms in total. The van der Waals surface area contributed by atoms with Crippen LogP contribution in [0, 0.1) is 5.92 Å². The van der Waals surface area contributed by atoms with Crippen molar-refractivity contribution in [2.75, 3.05) is 0 Å². The normalized spacial score (nSPS) is 18.7. The summed E-state index contributed by atoms with van der Waals surface area (Å²) in [7, 11) is 0. The first-order chi connectivity index (χ1) is 8.83. The average Bonchev–Trinajstić information content (AvgIpc) is 2.85. The lowest BCUT2D eigenvalue weighted by Gasteiger charge is -2.22. The van der Waals surface area contributed by atoms with Crippen LogP contribution in [0.4, 0.5) is 0 Å². The molecule has 3 heteroatoms. The monoisotopic (exact) mass is 277 g/mol. The van der Waals surface area contributed by atoms with Crippen LogP contribution in [0.25, 0.3) is 0 Å². The molecule has 2 heterocycles. The summed E-state index contributed by atoms with van der Waals surface area (Å²) in [6.07, 6.45) is 3.92. The van der Waals surface area contributed by atoms with E-state index in [1.165, 1.54) is 23.3 Å². The molecule has 1 N–H and O–H groups in total. The molecule has 96 valence electrons. The van der Waals surface area contributed by atoms with Gasteiger partial charge < -0.3 is 5.32 Å². The van der Waals surface area contributed by atoms with Crippen molar-refractivity contribution in [3.8, 4) is 0 Å². The van der Waals surface area contributed by atoms with Gasteiger partial charge in [-0.1, -0.05) is 6.07 Å². The van der Waals surface area contributed by atoms with Gasteiger partial charge in [0.25, 0.3) is 0 Å². The molecular weight excluding hydrogens is 258 g/mol. The number of hydrogen-bond acceptors (Lipinski definition) is 3. The van der Waals surface area contributed by atoms with Gasteiger partial charge in [0.15, 0.2) is 0 Å². The lowest BCUT2D eigenvalue weighted by molar-refractivity contribution is 0.422. The van der Waals surface area contributed by atoms with Crippen LogP contribution >= 0.6 is 22.7 Å². The third kappa shape index (κ3) is 3.02. The Morgan fingerprint density at radius 2 is 2.22 bits per heavy atom. The van der Waals surface area contributed by atoms with Gasteiger partial charge in [0, 0.05) is 17.0 Å². The first-order valence-corrected chi connectivity index (χ1v) is 8.45. The van der Waals surface area contributed by atoms with Crippen molar-refractivity contribution >= 4 is 22.7 Å². The van der Waals surface area contributed by atoms with E-state index in [0.29, 0.717) is 12.1 Å². The maximum absolute atomic E-state index is 3.83. The Balaban J connectivity index is 1.62. The molecule has 0 saturated heterocycles. The third-order valence-electron chi connectivity index (χ3n) is 3.53. The zero-order valence-electron chi connectivity index (χ0n) is 10.6. The van der Waals surface area contributed by atoms with E-state index < -0.39 is 0 Å². The van der Waals surface area contributed by atoms with Crippen LogP contribution in [0.15, 0.2) is 34.3 Å². The van der Waals surface area contributed by atoms with Gasteiger partial charge in [-0.15, -0.1) is 11.3 Å². The van der Waals surface area contributed by atoms with Gasteiger partial charge in [0.2, 0.25) is 0 Å². The topological polar surface area (TPSA) is 12.0 Å². The molecule has 2 aromatic rings. The van der Waals surface area contributed by atoms with Crippen molar-refractivity contribution in [3.63, 3.8) is 0 Å². The van der Waals surface area contributed by atoms with Gasteiger partial charge in [-0.25, -0.2) is 0 Å². The molecule has 0 bridgehead atoms. The number of thiophene rings is 2. The summed E-state index contributed by atoms with van der Waals surface area (Å²) in [4.78, 5) is 1.51. The number of hydrogen-bond donors (Lipinski definition) is 1. The van der Waals surface area contributed by atoms with Crippen molar-refractivity contribution in [2.24, 2.45) is 5.92 Å². The Hall–Kier alpha value is -0.640. The van der Waals surface area contributed by atoms with Gasteiger partial charge in [-0.05, 0) is 65.9 Å². The zero-order chi connectivity index (χ0) is 12.4. The summed E-state index contributed by atoms with van der Waals surface area (Å²) in [6.45, 7) is 2.31. The van der Waals surface area contributed by atoms with E-state index >= 15 is 0 Å². The van der Waals surface area contributed by atoms with Crippen molar-refractivity contribution in [3.05, 3.63) is 44.8 Å². The Labute approximate surface area is 117 Å². The van der Waals surface area contributed by atoms with Gasteiger partial charge >= 0.3 is 0 Å². The first-order valence-electron chi connectivity index (χ1n) is 6.63. The lowest BCUT2D eigenvalue weighted by atomic mass is 10.1. The summed E-state index contributed by atoms with van der Waals surface area (Å²) in [5, 5.41) is 10.5. The highest BCUT2D eigenvalue weighted by Gasteiger charge is 2.33. The molecule has 1 aliphatic carbocycles. The molecule has 0 aromatic carbocycles. The van der Waals surface area contributed by atoms with Crippen molar-refractivity contribution in [1.82, 2.24) is 5.32 Å². The number of rotatable bonds is 6. The van der Waals surface area contributed by atoms with E-state index in [-0.39, 0.29) is 0 Å². The SMILES string of the molecule is CC(Cc1ccsc1)NC(c1cccs1)C1CC1. The highest BCUT2D eigenvalue weighted by Crippen LogP contribution is 2.42. The predicted octanol–water partition coefficient (Wildman–Crippen LogP) is 4.48. The molecule has 2 aromatic heterocycles. The van der Waals surface area contributed by atoms with Crippen LogP contribution < -0.4 is 5.32 Å². The fourth-order valence-corrected chi connectivity index (χ4v) is 4.04. The quantitative estimate of drug-likeness (QED) is 0.821. The van der Waals surface area contributed by atoms with Gasteiger partial charge in [-0.3, -0.25) is 0 Å². The molecule has 0 aliphatic heterocycles. The molecule has 1 saturated carbocycles. The maximum atomic E-state index is 3.83. The van der Waals surface area contributed by atoms with Gasteiger partial charge in [-0.2, -0.15) is 11.3 Å². The second kappa shape index (κ2) is 5.55. The highest BCUT2D eigenvalue weighted by molar-refractivity contribution is 7.10. The molecule has 2 atom stereocenters. The second-order valence-corrected chi connectivity index (χ2v) is 6.99. The Bertz CT molecular complexity index is 457. The molecule has 18 heavy (non-hydrogen) atoms. The van der Waals surface area contributed by atoms with E-state index in [1.807, 2.05) is 11.3 Å². The number of nitrogens with one attached hydrogen (secondary N) is 1. The molecule has 1 aliphatic rings. The van der Waals surface area contributed by atoms with Crippen molar-refractivity contribution in [2.45, 2.75) is 38.3 Å². The van der Waals surface area contributed by atoms with Crippen LogP contribution in [0.3, 0.4) is 0 Å². The van der Waals surface area contributed by atoms with E-state index in [0.717, 1.165) is 12.3 Å². The van der Waals surface area contributed by atoms with Crippen LogP contribution in [0.1, 0.15) is 36.2 Å². The maximum Gasteiger partial charge on any atom is 0.0445 e. The lowest BCUT2D eigenvalue weighted by Crippen LogP contribution is -2.32. The van der Waals surface area contributed by atoms with E-state index in [1.54, 1.807) is 11.3 Å². The summed E-state index contributed by atoms with van der Waals surface area (Å²) < 4.78 is 0. The standard InChI is InChI=1S/C15H19NS2/c1-11(9-12-6-8-17-10-12)16-15(13-4-5-13)14-3-2-7-18-14/h2-3,6-8,10-11,13,15-16H,4-5,9H2,1H3. The van der Waals surface area contributed by atoms with Gasteiger partial charge in [0.1, 0.15) is 0 Å². The molecule has 1 fully saturated rings. The Kier molecular flexibility index (Phi) is 3.83. The van der Waals surface area contributed by atoms with E-state index in [4.69, 9.17) is 0 Å². The molecule has 0 radical (unpaired) electrons. The summed E-state index contributed by atoms with van der Waals surface area (Å²) in [5.41, 5.74) is 1.46. The smallest absolute Gasteiger partial charge is 0.0445 e. The summed E-state index contributed by atoms with van der Waals surface area (Å²) in [6, 6.07) is 7.81. The van der Waals surface area contributed by atoms with Crippen molar-refractivity contribution in [1.29, 1.82) is 0 Å². The van der Waals surface area contributed by atoms with Crippen LogP contribution in [0.5, 0.6) is 0 Å². The first kappa shape index (κ1) is 12.4. The zero-order valence-corrected chi connectivity index (χ0v) is 12.3.